The number of nitrogens with two attached hydrogens (primary N) is 1. The van der Waals surface area contributed by atoms with E-state index in [1.165, 1.54) is 20.9 Å². The van der Waals surface area contributed by atoms with Crippen molar-refractivity contribution in [3.8, 4) is 5.75 Å². The fraction of sp³-hybridized carbons (Fsp3) is 0.375. The lowest BCUT2D eigenvalue weighted by molar-refractivity contribution is 0.254. The van der Waals surface area contributed by atoms with Gasteiger partial charge in [0.1, 0.15) is 11.9 Å². The molecule has 0 saturated heterocycles. The van der Waals surface area contributed by atoms with Crippen molar-refractivity contribution in [2.45, 2.75) is 38.8 Å². The monoisotopic (exact) mass is 273 g/mol. The van der Waals surface area contributed by atoms with Gasteiger partial charge in [-0.2, -0.15) is 0 Å². The Labute approximate surface area is 118 Å². The van der Waals surface area contributed by atoms with Crippen LogP contribution in [0.2, 0.25) is 0 Å². The van der Waals surface area contributed by atoms with Gasteiger partial charge in [-0.3, -0.25) is 0 Å². The Bertz CT molecular complexity index is 590. The number of hydrogen-bond acceptors (Lipinski definition) is 3. The standard InChI is InChI=1S/C16H19NOS/c1-3-13-5-7-15(19-13)16(17)11-4-6-14-12(9-11)8-10(2)18-14/h4-7,9-10,16H,3,8,17H2,1-2H3. The molecule has 0 aliphatic carbocycles. The van der Waals surface area contributed by atoms with Gasteiger partial charge in [0.2, 0.25) is 0 Å². The number of benzene rings is 1. The molecule has 0 fully saturated rings. The summed E-state index contributed by atoms with van der Waals surface area (Å²) in [5.74, 6) is 1.02. The van der Waals surface area contributed by atoms with Gasteiger partial charge in [-0.25, -0.2) is 0 Å². The second kappa shape index (κ2) is 4.99. The number of hydrogen-bond donors (Lipinski definition) is 1. The van der Waals surface area contributed by atoms with Gasteiger partial charge in [-0.15, -0.1) is 11.3 Å². The van der Waals surface area contributed by atoms with Gasteiger partial charge < -0.3 is 10.5 Å². The van der Waals surface area contributed by atoms with Crippen molar-refractivity contribution in [1.29, 1.82) is 0 Å². The summed E-state index contributed by atoms with van der Waals surface area (Å²) in [6.45, 7) is 4.28. The third kappa shape index (κ3) is 2.40. The molecule has 1 aromatic carbocycles. The molecule has 1 aliphatic heterocycles. The number of fused-ring (bicyclic) bond motifs is 1. The average Bonchev–Trinajstić information content (AvgIpc) is 3.01. The molecule has 0 radical (unpaired) electrons. The van der Waals surface area contributed by atoms with Crippen LogP contribution in [0.1, 0.15) is 40.8 Å². The molecule has 3 heteroatoms. The van der Waals surface area contributed by atoms with E-state index in [1.807, 2.05) is 11.3 Å². The highest BCUT2D eigenvalue weighted by molar-refractivity contribution is 7.12. The van der Waals surface area contributed by atoms with Gasteiger partial charge in [0.05, 0.1) is 6.04 Å². The van der Waals surface area contributed by atoms with Gasteiger partial charge in [0.25, 0.3) is 0 Å². The SMILES string of the molecule is CCc1ccc(C(N)c2ccc3c(c2)CC(C)O3)s1. The van der Waals surface area contributed by atoms with E-state index in [9.17, 15) is 0 Å². The second-order valence-electron chi connectivity index (χ2n) is 5.14. The molecule has 0 amide bonds. The van der Waals surface area contributed by atoms with Gasteiger partial charge in [-0.1, -0.05) is 19.1 Å². The van der Waals surface area contributed by atoms with Crippen LogP contribution in [0.3, 0.4) is 0 Å². The molecule has 0 spiro atoms. The third-order valence-corrected chi connectivity index (χ3v) is 4.93. The molecule has 2 nitrogen and oxygen atoms in total. The van der Waals surface area contributed by atoms with Crippen molar-refractivity contribution < 1.29 is 4.74 Å². The molecule has 2 unspecified atom stereocenters. The lowest BCUT2D eigenvalue weighted by Gasteiger charge is -2.11. The van der Waals surface area contributed by atoms with Gasteiger partial charge in [0, 0.05) is 16.2 Å². The van der Waals surface area contributed by atoms with E-state index in [4.69, 9.17) is 10.5 Å². The summed E-state index contributed by atoms with van der Waals surface area (Å²) in [4.78, 5) is 2.63. The summed E-state index contributed by atoms with van der Waals surface area (Å²) in [7, 11) is 0. The normalized spacial score (nSPS) is 19.0. The van der Waals surface area contributed by atoms with Crippen LogP contribution in [0, 0.1) is 0 Å². The zero-order valence-electron chi connectivity index (χ0n) is 11.3. The Morgan fingerprint density at radius 3 is 2.95 bits per heavy atom. The summed E-state index contributed by atoms with van der Waals surface area (Å²) in [5.41, 5.74) is 8.85. The van der Waals surface area contributed by atoms with Gasteiger partial charge in [-0.05, 0) is 42.7 Å². The Morgan fingerprint density at radius 1 is 1.37 bits per heavy atom. The fourth-order valence-corrected chi connectivity index (χ4v) is 3.53. The second-order valence-corrected chi connectivity index (χ2v) is 6.33. The van der Waals surface area contributed by atoms with Crippen molar-refractivity contribution in [2.24, 2.45) is 5.73 Å². The maximum Gasteiger partial charge on any atom is 0.123 e. The van der Waals surface area contributed by atoms with E-state index in [2.05, 4.69) is 44.2 Å². The van der Waals surface area contributed by atoms with E-state index >= 15 is 0 Å². The third-order valence-electron chi connectivity index (χ3n) is 3.62. The minimum atomic E-state index is -0.0218. The van der Waals surface area contributed by atoms with E-state index in [1.54, 1.807) is 0 Å². The largest absolute Gasteiger partial charge is 0.490 e. The molecule has 2 N–H and O–H groups in total. The summed E-state index contributed by atoms with van der Waals surface area (Å²) < 4.78 is 5.73. The van der Waals surface area contributed by atoms with E-state index in [-0.39, 0.29) is 12.1 Å². The lowest BCUT2D eigenvalue weighted by atomic mass is 10.0. The van der Waals surface area contributed by atoms with Crippen molar-refractivity contribution in [2.75, 3.05) is 0 Å². The first-order chi connectivity index (χ1) is 9.17. The predicted octanol–water partition coefficient (Wildman–Crippen LogP) is 3.68. The first-order valence-corrected chi connectivity index (χ1v) is 7.62. The Kier molecular flexibility index (Phi) is 3.33. The molecule has 100 valence electrons. The Balaban J connectivity index is 1.88. The van der Waals surface area contributed by atoms with Crippen molar-refractivity contribution in [1.82, 2.24) is 0 Å². The quantitative estimate of drug-likeness (QED) is 0.926. The summed E-state index contributed by atoms with van der Waals surface area (Å²) in [6, 6.07) is 10.7. The average molecular weight is 273 g/mol. The molecule has 3 rings (SSSR count). The van der Waals surface area contributed by atoms with Gasteiger partial charge in [0.15, 0.2) is 0 Å². The minimum absolute atomic E-state index is 0.0218. The molecule has 1 aromatic heterocycles. The zero-order chi connectivity index (χ0) is 13.4. The maximum absolute atomic E-state index is 6.38. The molecule has 0 saturated carbocycles. The van der Waals surface area contributed by atoms with Gasteiger partial charge >= 0.3 is 0 Å². The molecule has 19 heavy (non-hydrogen) atoms. The van der Waals surface area contributed by atoms with Crippen molar-refractivity contribution >= 4 is 11.3 Å². The topological polar surface area (TPSA) is 35.2 Å². The number of rotatable bonds is 3. The predicted molar refractivity (Wildman–Crippen MR) is 80.0 cm³/mol. The van der Waals surface area contributed by atoms with E-state index < -0.39 is 0 Å². The van der Waals surface area contributed by atoms with E-state index in [0.29, 0.717) is 0 Å². The minimum Gasteiger partial charge on any atom is -0.490 e. The van der Waals surface area contributed by atoms with E-state index in [0.717, 1.165) is 18.6 Å². The number of ether oxygens (including phenoxy) is 1. The first-order valence-electron chi connectivity index (χ1n) is 6.81. The van der Waals surface area contributed by atoms with Crippen LogP contribution in [0.15, 0.2) is 30.3 Å². The molecular formula is C16H19NOS. The summed E-state index contributed by atoms with van der Waals surface area (Å²) in [6.07, 6.45) is 2.35. The molecule has 2 heterocycles. The fourth-order valence-electron chi connectivity index (χ4n) is 2.55. The van der Waals surface area contributed by atoms with Crippen LogP contribution in [-0.4, -0.2) is 6.10 Å². The highest BCUT2D eigenvalue weighted by Gasteiger charge is 2.21. The van der Waals surface area contributed by atoms with Crippen LogP contribution in [0.25, 0.3) is 0 Å². The number of thiophene rings is 1. The summed E-state index contributed by atoms with van der Waals surface area (Å²) >= 11 is 1.81. The van der Waals surface area contributed by atoms with Crippen LogP contribution in [-0.2, 0) is 12.8 Å². The first kappa shape index (κ1) is 12.7. The van der Waals surface area contributed by atoms with Crippen LogP contribution >= 0.6 is 11.3 Å². The highest BCUT2D eigenvalue weighted by Crippen LogP contribution is 2.33. The Hall–Kier alpha value is -1.32. The van der Waals surface area contributed by atoms with Crippen LogP contribution in [0.5, 0.6) is 5.75 Å². The number of aryl methyl sites for hydroxylation is 1. The molecular weight excluding hydrogens is 254 g/mol. The molecule has 0 bridgehead atoms. The van der Waals surface area contributed by atoms with Crippen molar-refractivity contribution in [3.05, 3.63) is 51.2 Å². The summed E-state index contributed by atoms with van der Waals surface area (Å²) in [5, 5.41) is 0. The molecule has 2 atom stereocenters. The maximum atomic E-state index is 6.38. The highest BCUT2D eigenvalue weighted by atomic mass is 32.1. The van der Waals surface area contributed by atoms with Crippen molar-refractivity contribution in [3.63, 3.8) is 0 Å². The van der Waals surface area contributed by atoms with Crippen LogP contribution < -0.4 is 10.5 Å². The Morgan fingerprint density at radius 2 is 2.21 bits per heavy atom. The smallest absolute Gasteiger partial charge is 0.123 e. The lowest BCUT2D eigenvalue weighted by Crippen LogP contribution is -2.10. The van der Waals surface area contributed by atoms with Crippen LogP contribution in [0.4, 0.5) is 0 Å². The zero-order valence-corrected chi connectivity index (χ0v) is 12.2. The molecule has 1 aliphatic rings. The molecule has 2 aromatic rings.